The Hall–Kier alpha value is -0.740. The predicted molar refractivity (Wildman–Crippen MR) is 67.1 cm³/mol. The van der Waals surface area contributed by atoms with Crippen LogP contribution in [0.5, 0.6) is 0 Å². The molecule has 16 heavy (non-hydrogen) atoms. The summed E-state index contributed by atoms with van der Waals surface area (Å²) in [4.78, 5) is 18.0. The molecule has 0 spiro atoms. The zero-order valence-corrected chi connectivity index (χ0v) is 10.4. The topological polar surface area (TPSA) is 33.2 Å². The largest absolute Gasteiger partial charge is 0.336 e. The highest BCUT2D eigenvalue weighted by atomic mass is 35.5. The van der Waals surface area contributed by atoms with Crippen molar-refractivity contribution in [2.45, 2.75) is 6.42 Å². The van der Waals surface area contributed by atoms with E-state index in [2.05, 4.69) is 4.98 Å². The van der Waals surface area contributed by atoms with Crippen molar-refractivity contribution in [3.05, 3.63) is 29.0 Å². The van der Waals surface area contributed by atoms with E-state index in [0.717, 1.165) is 31.0 Å². The molecule has 0 aromatic carbocycles. The molecule has 0 saturated carbocycles. The third kappa shape index (κ3) is 2.89. The van der Waals surface area contributed by atoms with Gasteiger partial charge in [-0.2, -0.15) is 11.8 Å². The Morgan fingerprint density at radius 1 is 1.44 bits per heavy atom. The predicted octanol–water partition coefficient (Wildman–Crippen LogP) is 2.31. The van der Waals surface area contributed by atoms with Crippen molar-refractivity contribution in [3.63, 3.8) is 0 Å². The highest BCUT2D eigenvalue weighted by Crippen LogP contribution is 2.14. The van der Waals surface area contributed by atoms with Crippen molar-refractivity contribution in [3.8, 4) is 0 Å². The third-order valence-corrected chi connectivity index (χ3v) is 3.73. The molecular weight excluding hydrogens is 244 g/mol. The van der Waals surface area contributed by atoms with Gasteiger partial charge >= 0.3 is 0 Å². The molecule has 0 N–H and O–H groups in total. The molecule has 1 aliphatic heterocycles. The van der Waals surface area contributed by atoms with Crippen LogP contribution in [0.1, 0.15) is 16.9 Å². The van der Waals surface area contributed by atoms with Crippen LogP contribution in [0.3, 0.4) is 0 Å². The molecule has 0 unspecified atom stereocenters. The number of halogens is 1. The summed E-state index contributed by atoms with van der Waals surface area (Å²) < 4.78 is 0. The van der Waals surface area contributed by atoms with Crippen molar-refractivity contribution in [2.24, 2.45) is 0 Å². The first kappa shape index (κ1) is 11.7. The van der Waals surface area contributed by atoms with Crippen LogP contribution in [0.15, 0.2) is 18.3 Å². The zero-order chi connectivity index (χ0) is 11.4. The normalized spacial score (nSPS) is 16.9. The number of hydrogen-bond acceptors (Lipinski definition) is 3. The summed E-state index contributed by atoms with van der Waals surface area (Å²) in [5.41, 5.74) is 0.444. The summed E-state index contributed by atoms with van der Waals surface area (Å²) >= 11 is 7.74. The standard InChI is InChI=1S/C11H13ClN2OS/c12-9-2-3-13-10(8-9)11(15)14-4-1-6-16-7-5-14/h2-3,8H,1,4-7H2. The summed E-state index contributed by atoms with van der Waals surface area (Å²) in [6.07, 6.45) is 2.62. The van der Waals surface area contributed by atoms with Crippen LogP contribution in [0.25, 0.3) is 0 Å². The van der Waals surface area contributed by atoms with Crippen LogP contribution < -0.4 is 0 Å². The van der Waals surface area contributed by atoms with E-state index in [-0.39, 0.29) is 5.91 Å². The van der Waals surface area contributed by atoms with E-state index in [1.165, 1.54) is 0 Å². The Kier molecular flexibility index (Phi) is 4.07. The average molecular weight is 257 g/mol. The minimum Gasteiger partial charge on any atom is -0.336 e. The maximum absolute atomic E-state index is 12.1. The van der Waals surface area contributed by atoms with Gasteiger partial charge in [-0.1, -0.05) is 11.6 Å². The molecule has 86 valence electrons. The molecule has 2 heterocycles. The van der Waals surface area contributed by atoms with E-state index in [1.807, 2.05) is 16.7 Å². The number of pyridine rings is 1. The Labute approximate surface area is 104 Å². The monoisotopic (exact) mass is 256 g/mol. The summed E-state index contributed by atoms with van der Waals surface area (Å²) in [5, 5.41) is 0.558. The van der Waals surface area contributed by atoms with Crippen molar-refractivity contribution >= 4 is 29.3 Å². The fourth-order valence-corrected chi connectivity index (χ4v) is 2.68. The van der Waals surface area contributed by atoms with E-state index in [4.69, 9.17) is 11.6 Å². The third-order valence-electron chi connectivity index (χ3n) is 2.45. The molecule has 1 amide bonds. The van der Waals surface area contributed by atoms with Gasteiger partial charge in [-0.15, -0.1) is 0 Å². The highest BCUT2D eigenvalue weighted by molar-refractivity contribution is 7.99. The highest BCUT2D eigenvalue weighted by Gasteiger charge is 2.18. The lowest BCUT2D eigenvalue weighted by Crippen LogP contribution is -2.33. The second kappa shape index (κ2) is 5.55. The van der Waals surface area contributed by atoms with E-state index in [9.17, 15) is 4.79 Å². The number of carbonyl (C=O) groups excluding carboxylic acids is 1. The molecule has 5 heteroatoms. The Morgan fingerprint density at radius 2 is 2.31 bits per heavy atom. The van der Waals surface area contributed by atoms with Gasteiger partial charge in [0, 0.05) is 30.1 Å². The van der Waals surface area contributed by atoms with Crippen LogP contribution in [-0.4, -0.2) is 40.4 Å². The molecule has 0 bridgehead atoms. The van der Waals surface area contributed by atoms with Crippen LogP contribution >= 0.6 is 23.4 Å². The fraction of sp³-hybridized carbons (Fsp3) is 0.455. The molecule has 1 fully saturated rings. The number of hydrogen-bond donors (Lipinski definition) is 0. The van der Waals surface area contributed by atoms with Gasteiger partial charge in [-0.25, -0.2) is 0 Å². The van der Waals surface area contributed by atoms with Crippen molar-refractivity contribution in [1.29, 1.82) is 0 Å². The van der Waals surface area contributed by atoms with Crippen molar-refractivity contribution in [2.75, 3.05) is 24.6 Å². The maximum Gasteiger partial charge on any atom is 0.272 e. The lowest BCUT2D eigenvalue weighted by Gasteiger charge is -2.19. The van der Waals surface area contributed by atoms with E-state index in [0.29, 0.717) is 10.7 Å². The second-order valence-corrected chi connectivity index (χ2v) is 5.28. The first-order chi connectivity index (χ1) is 7.77. The summed E-state index contributed by atoms with van der Waals surface area (Å²) in [6, 6.07) is 3.30. The average Bonchev–Trinajstić information content (AvgIpc) is 2.56. The van der Waals surface area contributed by atoms with Gasteiger partial charge < -0.3 is 4.90 Å². The lowest BCUT2D eigenvalue weighted by molar-refractivity contribution is 0.0762. The fourth-order valence-electron chi connectivity index (χ4n) is 1.63. The summed E-state index contributed by atoms with van der Waals surface area (Å²) in [7, 11) is 0. The SMILES string of the molecule is O=C(c1cc(Cl)ccn1)N1CCCSCC1. The first-order valence-electron chi connectivity index (χ1n) is 5.26. The van der Waals surface area contributed by atoms with Crippen LogP contribution in [0.4, 0.5) is 0 Å². The van der Waals surface area contributed by atoms with Crippen LogP contribution in [0.2, 0.25) is 5.02 Å². The zero-order valence-electron chi connectivity index (χ0n) is 8.86. The number of amides is 1. The van der Waals surface area contributed by atoms with Gasteiger partial charge in [-0.3, -0.25) is 9.78 Å². The Morgan fingerprint density at radius 3 is 3.12 bits per heavy atom. The van der Waals surface area contributed by atoms with E-state index < -0.39 is 0 Å². The van der Waals surface area contributed by atoms with E-state index in [1.54, 1.807) is 18.3 Å². The number of thioether (sulfide) groups is 1. The Bertz CT molecular complexity index is 378. The van der Waals surface area contributed by atoms with Gasteiger partial charge in [0.25, 0.3) is 5.91 Å². The molecule has 2 rings (SSSR count). The summed E-state index contributed by atoms with van der Waals surface area (Å²) in [5.74, 6) is 2.13. The number of carbonyl (C=O) groups is 1. The molecule has 0 atom stereocenters. The summed E-state index contributed by atoms with van der Waals surface area (Å²) in [6.45, 7) is 1.62. The van der Waals surface area contributed by atoms with Crippen molar-refractivity contribution < 1.29 is 4.79 Å². The Balaban J connectivity index is 2.11. The van der Waals surface area contributed by atoms with Crippen molar-refractivity contribution in [1.82, 2.24) is 9.88 Å². The second-order valence-electron chi connectivity index (χ2n) is 3.62. The molecule has 3 nitrogen and oxygen atoms in total. The number of aromatic nitrogens is 1. The molecule has 1 aromatic heterocycles. The molecule has 1 aliphatic rings. The van der Waals surface area contributed by atoms with Gasteiger partial charge in [0.2, 0.25) is 0 Å². The lowest BCUT2D eigenvalue weighted by atomic mass is 10.3. The molecule has 0 radical (unpaired) electrons. The molecule has 0 aliphatic carbocycles. The molecule has 1 saturated heterocycles. The van der Waals surface area contributed by atoms with Crippen LogP contribution in [0, 0.1) is 0 Å². The van der Waals surface area contributed by atoms with Gasteiger partial charge in [0.15, 0.2) is 0 Å². The number of rotatable bonds is 1. The molecular formula is C11H13ClN2OS. The van der Waals surface area contributed by atoms with Gasteiger partial charge in [0.1, 0.15) is 5.69 Å². The quantitative estimate of drug-likeness (QED) is 0.773. The minimum absolute atomic E-state index is 0.00926. The smallest absolute Gasteiger partial charge is 0.272 e. The van der Waals surface area contributed by atoms with Gasteiger partial charge in [0.05, 0.1) is 0 Å². The first-order valence-corrected chi connectivity index (χ1v) is 6.79. The number of nitrogens with zero attached hydrogens (tertiary/aromatic N) is 2. The van der Waals surface area contributed by atoms with Crippen LogP contribution in [-0.2, 0) is 0 Å². The van der Waals surface area contributed by atoms with Gasteiger partial charge in [-0.05, 0) is 24.3 Å². The molecule has 1 aromatic rings. The maximum atomic E-state index is 12.1. The minimum atomic E-state index is -0.00926. The van der Waals surface area contributed by atoms with E-state index >= 15 is 0 Å².